The van der Waals surface area contributed by atoms with Crippen LogP contribution in [0.1, 0.15) is 50.5 Å². The Morgan fingerprint density at radius 3 is 2.41 bits per heavy atom. The van der Waals surface area contributed by atoms with Gasteiger partial charge in [-0.2, -0.15) is 0 Å². The number of carbonyl (C=O) groups excluding carboxylic acids is 1. The molecular formula is C23H34O9. The molecule has 4 N–H and O–H groups in total. The average Bonchev–Trinajstić information content (AvgIpc) is 2.79. The molecule has 9 heteroatoms. The van der Waals surface area contributed by atoms with Crippen molar-refractivity contribution >= 4 is 5.97 Å². The van der Waals surface area contributed by atoms with Crippen LogP contribution in [0, 0.1) is 0 Å². The molecule has 2 heterocycles. The van der Waals surface area contributed by atoms with Crippen LogP contribution in [0.4, 0.5) is 0 Å². The van der Waals surface area contributed by atoms with Crippen molar-refractivity contribution in [3.05, 3.63) is 23.8 Å². The maximum atomic E-state index is 11.3. The normalized spacial score (nSPS) is 27.6. The summed E-state index contributed by atoms with van der Waals surface area (Å²) in [6.07, 6.45) is 0.928. The SMILES string of the molecule is O=C1CCc2cc(OCCCCCCCCO[C@H]3[C@H](O)[C@@H](CO)OC(O)[C@@H]3O)ccc2O1. The van der Waals surface area contributed by atoms with Crippen LogP contribution in [0.3, 0.4) is 0 Å². The van der Waals surface area contributed by atoms with E-state index in [1.165, 1.54) is 0 Å². The van der Waals surface area contributed by atoms with E-state index in [0.717, 1.165) is 49.8 Å². The molecule has 1 aromatic carbocycles. The first kappa shape index (κ1) is 24.9. The highest BCUT2D eigenvalue weighted by Gasteiger charge is 2.44. The number of aliphatic hydroxyl groups excluding tert-OH is 4. The van der Waals surface area contributed by atoms with Crippen molar-refractivity contribution in [2.45, 2.75) is 82.1 Å². The number of aliphatic hydroxyl groups is 4. The van der Waals surface area contributed by atoms with Crippen LogP contribution in [0.2, 0.25) is 0 Å². The zero-order valence-corrected chi connectivity index (χ0v) is 18.2. The van der Waals surface area contributed by atoms with Crippen LogP contribution in [0.5, 0.6) is 11.5 Å². The zero-order chi connectivity index (χ0) is 22.9. The summed E-state index contributed by atoms with van der Waals surface area (Å²) in [7, 11) is 0. The Labute approximate surface area is 187 Å². The lowest BCUT2D eigenvalue weighted by Gasteiger charge is -2.39. The van der Waals surface area contributed by atoms with Gasteiger partial charge in [-0.15, -0.1) is 0 Å². The van der Waals surface area contributed by atoms with Gasteiger partial charge in [-0.05, 0) is 43.0 Å². The summed E-state index contributed by atoms with van der Waals surface area (Å²) in [4.78, 5) is 11.3. The molecule has 2 aliphatic heterocycles. The number of aryl methyl sites for hydroxylation is 1. The van der Waals surface area contributed by atoms with E-state index in [9.17, 15) is 25.2 Å². The molecule has 0 spiro atoms. The molecule has 0 amide bonds. The van der Waals surface area contributed by atoms with Crippen molar-refractivity contribution in [2.75, 3.05) is 19.8 Å². The highest BCUT2D eigenvalue weighted by atomic mass is 16.6. The third-order valence-electron chi connectivity index (χ3n) is 5.81. The fourth-order valence-electron chi connectivity index (χ4n) is 3.94. The number of ether oxygens (including phenoxy) is 4. The molecule has 2 aliphatic rings. The van der Waals surface area contributed by atoms with Crippen LogP contribution in [-0.2, 0) is 20.7 Å². The van der Waals surface area contributed by atoms with E-state index in [2.05, 4.69) is 0 Å². The smallest absolute Gasteiger partial charge is 0.311 e. The van der Waals surface area contributed by atoms with Gasteiger partial charge in [0.25, 0.3) is 0 Å². The van der Waals surface area contributed by atoms with Crippen LogP contribution in [-0.4, -0.2) is 76.9 Å². The van der Waals surface area contributed by atoms with Gasteiger partial charge in [-0.25, -0.2) is 0 Å². The summed E-state index contributed by atoms with van der Waals surface area (Å²) < 4.78 is 21.5. The van der Waals surface area contributed by atoms with Crippen molar-refractivity contribution in [3.63, 3.8) is 0 Å². The second-order valence-electron chi connectivity index (χ2n) is 8.28. The minimum absolute atomic E-state index is 0.189. The number of esters is 1. The highest BCUT2D eigenvalue weighted by molar-refractivity contribution is 5.75. The molecular weight excluding hydrogens is 420 g/mol. The van der Waals surface area contributed by atoms with E-state index in [1.54, 1.807) is 6.07 Å². The molecule has 5 atom stereocenters. The molecule has 1 aromatic rings. The Kier molecular flexibility index (Phi) is 9.70. The van der Waals surface area contributed by atoms with Crippen LogP contribution < -0.4 is 9.47 Å². The van der Waals surface area contributed by atoms with Crippen molar-refractivity contribution in [1.82, 2.24) is 0 Å². The maximum absolute atomic E-state index is 11.3. The van der Waals surface area contributed by atoms with Crippen LogP contribution >= 0.6 is 0 Å². The predicted molar refractivity (Wildman–Crippen MR) is 113 cm³/mol. The lowest BCUT2D eigenvalue weighted by Crippen LogP contribution is -2.59. The number of hydrogen-bond acceptors (Lipinski definition) is 9. The van der Waals surface area contributed by atoms with Crippen LogP contribution in [0.25, 0.3) is 0 Å². The largest absolute Gasteiger partial charge is 0.494 e. The maximum Gasteiger partial charge on any atom is 0.311 e. The van der Waals surface area contributed by atoms with Gasteiger partial charge >= 0.3 is 5.97 Å². The number of hydrogen-bond donors (Lipinski definition) is 4. The Morgan fingerprint density at radius 2 is 1.66 bits per heavy atom. The summed E-state index contributed by atoms with van der Waals surface area (Å²) in [5.74, 6) is 1.23. The number of carbonyl (C=O) groups is 1. The molecule has 1 fully saturated rings. The van der Waals surface area contributed by atoms with E-state index in [-0.39, 0.29) is 5.97 Å². The summed E-state index contributed by atoms with van der Waals surface area (Å²) in [5, 5.41) is 38.8. The van der Waals surface area contributed by atoms with Gasteiger partial charge in [0.2, 0.25) is 0 Å². The third-order valence-corrected chi connectivity index (χ3v) is 5.81. The van der Waals surface area contributed by atoms with Crippen molar-refractivity contribution in [3.8, 4) is 11.5 Å². The van der Waals surface area contributed by atoms with Gasteiger partial charge in [0.05, 0.1) is 19.6 Å². The van der Waals surface area contributed by atoms with E-state index < -0.39 is 37.3 Å². The Hall–Kier alpha value is -1.75. The van der Waals surface area contributed by atoms with Gasteiger partial charge in [0.15, 0.2) is 6.29 Å². The van der Waals surface area contributed by atoms with E-state index in [4.69, 9.17) is 18.9 Å². The Bertz CT molecular complexity index is 725. The van der Waals surface area contributed by atoms with Gasteiger partial charge in [0.1, 0.15) is 35.9 Å². The summed E-state index contributed by atoms with van der Waals surface area (Å²) >= 11 is 0. The zero-order valence-electron chi connectivity index (χ0n) is 18.2. The van der Waals surface area contributed by atoms with Crippen molar-refractivity contribution < 1.29 is 44.2 Å². The molecule has 1 saturated heterocycles. The summed E-state index contributed by atoms with van der Waals surface area (Å²) in [6.45, 7) is 0.520. The van der Waals surface area contributed by atoms with Gasteiger partial charge in [0, 0.05) is 6.61 Å². The molecule has 0 radical (unpaired) electrons. The summed E-state index contributed by atoms with van der Waals surface area (Å²) in [6, 6.07) is 5.55. The molecule has 32 heavy (non-hydrogen) atoms. The molecule has 0 bridgehead atoms. The van der Waals surface area contributed by atoms with Gasteiger partial charge in [-0.3, -0.25) is 4.79 Å². The number of unbranched alkanes of at least 4 members (excludes halogenated alkanes) is 5. The van der Waals surface area contributed by atoms with E-state index in [1.807, 2.05) is 12.1 Å². The van der Waals surface area contributed by atoms with E-state index >= 15 is 0 Å². The quantitative estimate of drug-likeness (QED) is 0.208. The molecule has 3 rings (SSSR count). The molecule has 0 aromatic heterocycles. The topological polar surface area (TPSA) is 135 Å². The fourth-order valence-corrected chi connectivity index (χ4v) is 3.94. The first-order chi connectivity index (χ1) is 15.5. The number of fused-ring (bicyclic) bond motifs is 1. The Morgan fingerprint density at radius 1 is 0.938 bits per heavy atom. The second-order valence-corrected chi connectivity index (χ2v) is 8.28. The minimum Gasteiger partial charge on any atom is -0.494 e. The molecule has 180 valence electrons. The van der Waals surface area contributed by atoms with Crippen molar-refractivity contribution in [2.24, 2.45) is 0 Å². The first-order valence-corrected chi connectivity index (χ1v) is 11.4. The second kappa shape index (κ2) is 12.5. The minimum atomic E-state index is -1.48. The van der Waals surface area contributed by atoms with Crippen molar-refractivity contribution in [1.29, 1.82) is 0 Å². The summed E-state index contributed by atoms with van der Waals surface area (Å²) in [5.41, 5.74) is 1.01. The fraction of sp³-hybridized carbons (Fsp3) is 0.696. The lowest BCUT2D eigenvalue weighted by atomic mass is 9.99. The number of benzene rings is 1. The molecule has 9 nitrogen and oxygen atoms in total. The van der Waals surface area contributed by atoms with Gasteiger partial charge in [-0.1, -0.05) is 25.7 Å². The first-order valence-electron chi connectivity index (χ1n) is 11.4. The number of rotatable bonds is 12. The molecule has 0 aliphatic carbocycles. The highest BCUT2D eigenvalue weighted by Crippen LogP contribution is 2.29. The molecule has 1 unspecified atom stereocenters. The molecule has 0 saturated carbocycles. The lowest BCUT2D eigenvalue weighted by molar-refractivity contribution is -0.294. The Balaban J connectivity index is 1.21. The van der Waals surface area contributed by atoms with Crippen LogP contribution in [0.15, 0.2) is 18.2 Å². The average molecular weight is 455 g/mol. The predicted octanol–water partition coefficient (Wildman–Crippen LogP) is 1.07. The van der Waals surface area contributed by atoms with Gasteiger partial charge < -0.3 is 39.4 Å². The van der Waals surface area contributed by atoms with E-state index in [0.29, 0.717) is 31.8 Å². The third kappa shape index (κ3) is 6.87. The standard InChI is InChI=1S/C23H34O9/c24-14-18-20(26)22(21(27)23(28)32-18)30-12-6-4-2-1-3-5-11-29-16-8-9-17-15(13-16)7-10-19(25)31-17/h8-9,13,18,20-24,26-28H,1-7,10-12,14H2/t18-,20-,21-,22+,23?/m1/s1. The monoisotopic (exact) mass is 454 g/mol.